The van der Waals surface area contributed by atoms with Gasteiger partial charge in [0.2, 0.25) is 0 Å². The van der Waals surface area contributed by atoms with Crippen LogP contribution in [0.3, 0.4) is 0 Å². The van der Waals surface area contributed by atoms with Gasteiger partial charge in [0.05, 0.1) is 12.4 Å². The Labute approximate surface area is 75.8 Å². The summed E-state index contributed by atoms with van der Waals surface area (Å²) in [4.78, 5) is 3.39. The minimum atomic E-state index is -0.621. The third-order valence-corrected chi connectivity index (χ3v) is 1.94. The van der Waals surface area contributed by atoms with Crippen LogP contribution in [0, 0.1) is 11.6 Å². The van der Waals surface area contributed by atoms with Crippen LogP contribution in [0.1, 0.15) is 18.9 Å². The van der Waals surface area contributed by atoms with Crippen molar-refractivity contribution < 1.29 is 8.78 Å². The van der Waals surface area contributed by atoms with Crippen molar-refractivity contribution in [2.45, 2.75) is 25.8 Å². The highest BCUT2D eigenvalue weighted by Gasteiger charge is 2.11. The van der Waals surface area contributed by atoms with Gasteiger partial charge in [-0.1, -0.05) is 6.92 Å². The lowest BCUT2D eigenvalue weighted by Gasteiger charge is -2.09. The summed E-state index contributed by atoms with van der Waals surface area (Å²) in [5, 5.41) is 0. The Morgan fingerprint density at radius 2 is 1.92 bits per heavy atom. The first-order valence-corrected chi connectivity index (χ1v) is 4.18. The standard InChI is InChI=1S/C9H12F2N2/c1-2-6(12)3-7-8(10)4-13-5-9(7)11/h4-6H,2-3,12H2,1H3. The maximum atomic E-state index is 13.0. The van der Waals surface area contributed by atoms with E-state index < -0.39 is 11.6 Å². The Kier molecular flexibility index (Phi) is 3.31. The summed E-state index contributed by atoms with van der Waals surface area (Å²) in [6.45, 7) is 1.88. The summed E-state index contributed by atoms with van der Waals surface area (Å²) in [6.07, 6.45) is 2.92. The van der Waals surface area contributed by atoms with Gasteiger partial charge in [0.25, 0.3) is 0 Å². The third kappa shape index (κ3) is 2.45. The van der Waals surface area contributed by atoms with E-state index in [0.717, 1.165) is 12.4 Å². The number of halogens is 2. The van der Waals surface area contributed by atoms with Gasteiger partial charge < -0.3 is 5.73 Å². The second-order valence-electron chi connectivity index (χ2n) is 2.95. The first-order chi connectivity index (χ1) is 6.15. The first-order valence-electron chi connectivity index (χ1n) is 4.18. The Bertz CT molecular complexity index is 269. The van der Waals surface area contributed by atoms with Gasteiger partial charge in [-0.25, -0.2) is 8.78 Å². The molecule has 0 aromatic carbocycles. The highest BCUT2D eigenvalue weighted by Crippen LogP contribution is 2.12. The van der Waals surface area contributed by atoms with Crippen LogP contribution in [-0.2, 0) is 6.42 Å². The van der Waals surface area contributed by atoms with E-state index in [1.807, 2.05) is 6.92 Å². The van der Waals surface area contributed by atoms with Crippen molar-refractivity contribution >= 4 is 0 Å². The Balaban J connectivity index is 2.87. The minimum absolute atomic E-state index is 0.0318. The molecule has 72 valence electrons. The number of pyridine rings is 1. The lowest BCUT2D eigenvalue weighted by atomic mass is 10.1. The molecule has 1 atom stereocenters. The third-order valence-electron chi connectivity index (χ3n) is 1.94. The van der Waals surface area contributed by atoms with Gasteiger partial charge in [-0.15, -0.1) is 0 Å². The average molecular weight is 186 g/mol. The second kappa shape index (κ2) is 4.28. The quantitative estimate of drug-likeness (QED) is 0.779. The number of rotatable bonds is 3. The summed E-state index contributed by atoms with van der Waals surface area (Å²) in [6, 6.07) is -0.202. The fourth-order valence-corrected chi connectivity index (χ4v) is 1.04. The van der Waals surface area contributed by atoms with Crippen LogP contribution in [-0.4, -0.2) is 11.0 Å². The number of hydrogen-bond donors (Lipinski definition) is 1. The maximum absolute atomic E-state index is 13.0. The molecule has 0 saturated carbocycles. The van der Waals surface area contributed by atoms with Crippen LogP contribution >= 0.6 is 0 Å². The SMILES string of the molecule is CCC(N)Cc1c(F)cncc1F. The Morgan fingerprint density at radius 1 is 1.38 bits per heavy atom. The smallest absolute Gasteiger partial charge is 0.147 e. The lowest BCUT2D eigenvalue weighted by molar-refractivity contribution is 0.523. The van der Waals surface area contributed by atoms with E-state index in [-0.39, 0.29) is 18.0 Å². The molecule has 0 radical (unpaired) electrons. The van der Waals surface area contributed by atoms with E-state index in [2.05, 4.69) is 4.98 Å². The Morgan fingerprint density at radius 3 is 2.38 bits per heavy atom. The van der Waals surface area contributed by atoms with E-state index in [9.17, 15) is 8.78 Å². The summed E-state index contributed by atoms with van der Waals surface area (Å²) in [5.41, 5.74) is 5.62. The zero-order chi connectivity index (χ0) is 9.84. The molecule has 1 unspecified atom stereocenters. The largest absolute Gasteiger partial charge is 0.327 e. The van der Waals surface area contributed by atoms with Crippen LogP contribution in [0.2, 0.25) is 0 Å². The molecular weight excluding hydrogens is 174 g/mol. The molecule has 0 aliphatic heterocycles. The topological polar surface area (TPSA) is 38.9 Å². The van der Waals surface area contributed by atoms with Crippen LogP contribution in [0.25, 0.3) is 0 Å². The van der Waals surface area contributed by atoms with Crippen LogP contribution < -0.4 is 5.73 Å². The molecule has 1 heterocycles. The van der Waals surface area contributed by atoms with E-state index in [0.29, 0.717) is 6.42 Å². The van der Waals surface area contributed by atoms with Crippen molar-refractivity contribution in [1.29, 1.82) is 0 Å². The molecule has 1 aromatic heterocycles. The van der Waals surface area contributed by atoms with Gasteiger partial charge in [0, 0.05) is 11.6 Å². The van der Waals surface area contributed by atoms with Gasteiger partial charge in [-0.2, -0.15) is 0 Å². The number of nitrogens with two attached hydrogens (primary N) is 1. The summed E-state index contributed by atoms with van der Waals surface area (Å²) >= 11 is 0. The fourth-order valence-electron chi connectivity index (χ4n) is 1.04. The highest BCUT2D eigenvalue weighted by atomic mass is 19.1. The van der Waals surface area contributed by atoms with E-state index >= 15 is 0 Å². The van der Waals surface area contributed by atoms with Gasteiger partial charge >= 0.3 is 0 Å². The van der Waals surface area contributed by atoms with Crippen LogP contribution in [0.4, 0.5) is 8.78 Å². The fraction of sp³-hybridized carbons (Fsp3) is 0.444. The molecule has 0 aliphatic carbocycles. The molecule has 2 nitrogen and oxygen atoms in total. The van der Waals surface area contributed by atoms with Crippen molar-refractivity contribution in [3.63, 3.8) is 0 Å². The molecule has 0 aliphatic rings. The molecule has 0 spiro atoms. The maximum Gasteiger partial charge on any atom is 0.147 e. The van der Waals surface area contributed by atoms with Gasteiger partial charge in [-0.05, 0) is 12.8 Å². The zero-order valence-electron chi connectivity index (χ0n) is 7.43. The molecule has 4 heteroatoms. The van der Waals surface area contributed by atoms with Crippen molar-refractivity contribution in [1.82, 2.24) is 4.98 Å². The molecule has 2 N–H and O–H groups in total. The van der Waals surface area contributed by atoms with Gasteiger partial charge in [0.1, 0.15) is 11.6 Å². The van der Waals surface area contributed by atoms with Crippen molar-refractivity contribution in [2.75, 3.05) is 0 Å². The predicted octanol–water partition coefficient (Wildman–Crippen LogP) is 1.64. The normalized spacial score (nSPS) is 12.9. The first kappa shape index (κ1) is 10.1. The highest BCUT2D eigenvalue weighted by molar-refractivity contribution is 5.16. The van der Waals surface area contributed by atoms with E-state index in [1.165, 1.54) is 0 Å². The van der Waals surface area contributed by atoms with Crippen molar-refractivity contribution in [2.24, 2.45) is 5.73 Å². The van der Waals surface area contributed by atoms with Crippen molar-refractivity contribution in [3.05, 3.63) is 29.6 Å². The molecule has 0 saturated heterocycles. The molecule has 13 heavy (non-hydrogen) atoms. The predicted molar refractivity (Wildman–Crippen MR) is 46.1 cm³/mol. The van der Waals surface area contributed by atoms with Crippen LogP contribution in [0.5, 0.6) is 0 Å². The molecule has 0 amide bonds. The monoisotopic (exact) mass is 186 g/mol. The minimum Gasteiger partial charge on any atom is -0.327 e. The van der Waals surface area contributed by atoms with Gasteiger partial charge in [-0.3, -0.25) is 4.98 Å². The van der Waals surface area contributed by atoms with E-state index in [1.54, 1.807) is 0 Å². The summed E-state index contributed by atoms with van der Waals surface area (Å²) in [7, 11) is 0. The number of nitrogens with zero attached hydrogens (tertiary/aromatic N) is 1. The molecule has 0 bridgehead atoms. The molecule has 0 fully saturated rings. The molecule has 1 aromatic rings. The van der Waals surface area contributed by atoms with Crippen molar-refractivity contribution in [3.8, 4) is 0 Å². The number of hydrogen-bond acceptors (Lipinski definition) is 2. The van der Waals surface area contributed by atoms with Gasteiger partial charge in [0.15, 0.2) is 0 Å². The van der Waals surface area contributed by atoms with E-state index in [4.69, 9.17) is 5.73 Å². The summed E-state index contributed by atoms with van der Waals surface area (Å²) in [5.74, 6) is -1.24. The lowest BCUT2D eigenvalue weighted by Crippen LogP contribution is -2.22. The molecule has 1 rings (SSSR count). The average Bonchev–Trinajstić information content (AvgIpc) is 2.11. The second-order valence-corrected chi connectivity index (χ2v) is 2.95. The zero-order valence-corrected chi connectivity index (χ0v) is 7.43. The molecular formula is C9H12F2N2. The van der Waals surface area contributed by atoms with Crippen LogP contribution in [0.15, 0.2) is 12.4 Å². The Hall–Kier alpha value is -1.03. The number of aromatic nitrogens is 1. The summed E-state index contributed by atoms with van der Waals surface area (Å²) < 4.78 is 26.0.